The lowest BCUT2D eigenvalue weighted by Crippen LogP contribution is -2.40. The zero-order valence-corrected chi connectivity index (χ0v) is 14.9. The van der Waals surface area contributed by atoms with Crippen LogP contribution in [-0.4, -0.2) is 27.8 Å². The molecule has 0 aromatic carbocycles. The van der Waals surface area contributed by atoms with Gasteiger partial charge in [0.1, 0.15) is 0 Å². The number of amides is 1. The number of rotatable bonds is 6. The number of anilines is 1. The first kappa shape index (κ1) is 17.9. The number of fused-ring (bicyclic) bond motifs is 1. The molecule has 0 aliphatic heterocycles. The summed E-state index contributed by atoms with van der Waals surface area (Å²) < 4.78 is 0.0884. The number of thiophene rings is 1. The van der Waals surface area contributed by atoms with Gasteiger partial charge < -0.3 is 40.7 Å². The third kappa shape index (κ3) is 5.29. The highest BCUT2D eigenvalue weighted by atomic mass is 32.1. The van der Waals surface area contributed by atoms with Gasteiger partial charge in [-0.1, -0.05) is 0 Å². The van der Waals surface area contributed by atoms with E-state index in [0.717, 1.165) is 36.2 Å². The van der Waals surface area contributed by atoms with E-state index in [-0.39, 0.29) is 23.1 Å². The average molecular weight is 373 g/mol. The fourth-order valence-electron chi connectivity index (χ4n) is 2.57. The second-order valence-corrected chi connectivity index (χ2v) is 7.41. The maximum absolute atomic E-state index is 12.0. The van der Waals surface area contributed by atoms with Crippen molar-refractivity contribution in [3.8, 4) is 0 Å². The van der Waals surface area contributed by atoms with Crippen molar-refractivity contribution in [1.29, 1.82) is 0 Å². The van der Waals surface area contributed by atoms with Gasteiger partial charge >= 0.3 is 5.97 Å². The molecule has 9 heteroatoms. The molecule has 4 N–H and O–H groups in total. The first-order valence-electron chi connectivity index (χ1n) is 7.32. The Kier molecular flexibility index (Phi) is 6.55. The molecule has 1 heterocycles. The molecule has 126 valence electrons. The van der Waals surface area contributed by atoms with Gasteiger partial charge in [0.15, 0.2) is 0 Å². The number of aliphatic carboxylic acids is 1. The second kappa shape index (κ2) is 8.42. The van der Waals surface area contributed by atoms with E-state index in [4.69, 9.17) is 5.11 Å². The molecule has 0 unspecified atom stereocenters. The number of hydrazine groups is 1. The predicted molar refractivity (Wildman–Crippen MR) is 96.6 cm³/mol. The van der Waals surface area contributed by atoms with Crippen LogP contribution >= 0.6 is 23.6 Å². The third-order valence-electron chi connectivity index (χ3n) is 3.55. The average Bonchev–Trinajstić information content (AvgIpc) is 2.83. The smallest absolute Gasteiger partial charge is 0.305 e. The number of hydrogen-bond donors (Lipinski definition) is 4. The zero-order chi connectivity index (χ0) is 16.8. The van der Waals surface area contributed by atoms with Crippen molar-refractivity contribution in [1.82, 2.24) is 10.9 Å². The van der Waals surface area contributed by atoms with Crippen LogP contribution in [0.2, 0.25) is 0 Å². The fraction of sp³-hybridized carbons (Fsp3) is 0.500. The number of nitrogens with one attached hydrogen (secondary N) is 3. The minimum Gasteiger partial charge on any atom is -0.481 e. The van der Waals surface area contributed by atoms with Crippen LogP contribution in [-0.2, 0) is 41.5 Å². The number of thiocarbonyl (C=S) groups is 1. The fourth-order valence-corrected chi connectivity index (χ4v) is 4.01. The second-order valence-electron chi connectivity index (χ2n) is 5.23. The normalized spacial score (nSPS) is 13.0. The number of hydrogen-bond acceptors (Lipinski definition) is 6. The molecule has 0 bridgehead atoms. The Bertz CT molecular complexity index is 616. The minimum absolute atomic E-state index is 0.0416. The van der Waals surface area contributed by atoms with Gasteiger partial charge in [-0.05, 0) is 41.1 Å². The van der Waals surface area contributed by atoms with Crippen LogP contribution in [0.1, 0.15) is 35.3 Å². The molecule has 0 fully saturated rings. The van der Waals surface area contributed by atoms with Crippen LogP contribution in [0.5, 0.6) is 0 Å². The van der Waals surface area contributed by atoms with E-state index in [1.165, 1.54) is 10.4 Å². The van der Waals surface area contributed by atoms with Gasteiger partial charge in [0, 0.05) is 11.4 Å². The number of carboxylic acids is 1. The Morgan fingerprint density at radius 2 is 2.00 bits per heavy atom. The lowest BCUT2D eigenvalue weighted by atomic mass is 9.94. The van der Waals surface area contributed by atoms with Gasteiger partial charge in [0.25, 0.3) is 0 Å². The Morgan fingerprint density at radius 1 is 1.26 bits per heavy atom. The Labute approximate surface area is 149 Å². The number of aryl methyl sites for hydroxylation is 1. The van der Waals surface area contributed by atoms with Crippen molar-refractivity contribution in [3.05, 3.63) is 16.0 Å². The van der Waals surface area contributed by atoms with Gasteiger partial charge in [-0.15, -0.1) is 11.3 Å². The molecule has 0 radical (unpaired) electrons. The molecule has 1 aromatic heterocycles. The lowest BCUT2D eigenvalue weighted by Gasteiger charge is -2.15. The molecule has 6 nitrogen and oxygen atoms in total. The molecule has 23 heavy (non-hydrogen) atoms. The SMILES string of the molecule is O=C(O)CCNc1sc2c(c1CC(=O)NNC(=S)[S-])CCCC2. The summed E-state index contributed by atoms with van der Waals surface area (Å²) in [5, 5.41) is 12.8. The number of carbonyl (C=O) groups excluding carboxylic acids is 1. The molecule has 0 saturated heterocycles. The van der Waals surface area contributed by atoms with Crippen LogP contribution in [0.3, 0.4) is 0 Å². The molecule has 1 aliphatic carbocycles. The number of carboxylic acid groups (broad SMARTS) is 1. The van der Waals surface area contributed by atoms with Crippen LogP contribution in [0.15, 0.2) is 0 Å². The van der Waals surface area contributed by atoms with E-state index in [2.05, 4.69) is 41.0 Å². The summed E-state index contributed by atoms with van der Waals surface area (Å²) in [6.07, 6.45) is 4.50. The van der Waals surface area contributed by atoms with E-state index >= 15 is 0 Å². The maximum Gasteiger partial charge on any atom is 0.305 e. The summed E-state index contributed by atoms with van der Waals surface area (Å²) in [5.41, 5.74) is 7.14. The predicted octanol–water partition coefficient (Wildman–Crippen LogP) is 1.51. The zero-order valence-electron chi connectivity index (χ0n) is 12.4. The number of carbonyl (C=O) groups is 2. The summed E-state index contributed by atoms with van der Waals surface area (Å²) in [6, 6.07) is 0. The maximum atomic E-state index is 12.0. The van der Waals surface area contributed by atoms with Crippen molar-refractivity contribution in [2.45, 2.75) is 38.5 Å². The molecule has 0 saturated carbocycles. The van der Waals surface area contributed by atoms with Crippen molar-refractivity contribution < 1.29 is 14.7 Å². The quantitative estimate of drug-likeness (QED) is 0.342. The Morgan fingerprint density at radius 3 is 2.70 bits per heavy atom. The van der Waals surface area contributed by atoms with Crippen molar-refractivity contribution >= 4 is 57.4 Å². The molecule has 1 amide bonds. The van der Waals surface area contributed by atoms with E-state index in [0.29, 0.717) is 6.54 Å². The Hall–Kier alpha value is -1.45. The van der Waals surface area contributed by atoms with Crippen molar-refractivity contribution in [3.63, 3.8) is 0 Å². The van der Waals surface area contributed by atoms with E-state index in [1.807, 2.05) is 0 Å². The molecular formula is C14H18N3O3S3-. The Balaban J connectivity index is 2.10. The summed E-state index contributed by atoms with van der Waals surface area (Å²) in [4.78, 5) is 24.0. The first-order chi connectivity index (χ1) is 11.0. The molecule has 0 spiro atoms. The van der Waals surface area contributed by atoms with Crippen LogP contribution in [0.25, 0.3) is 0 Å². The largest absolute Gasteiger partial charge is 0.481 e. The standard InChI is InChI=1S/C14H19N3O3S3/c18-11(16-17-14(21)22)7-9-8-3-1-2-4-10(8)23-13(9)15-6-5-12(19)20/h15H,1-7H2,(H,16,18)(H,19,20)(H2,17,21,22)/p-1. The molecule has 0 atom stereocenters. The monoisotopic (exact) mass is 372 g/mol. The van der Waals surface area contributed by atoms with Gasteiger partial charge in [0.2, 0.25) is 5.91 Å². The summed E-state index contributed by atoms with van der Waals surface area (Å²) in [5.74, 6) is -1.06. The van der Waals surface area contributed by atoms with Gasteiger partial charge in [-0.2, -0.15) is 0 Å². The van der Waals surface area contributed by atoms with E-state index in [1.54, 1.807) is 11.3 Å². The topological polar surface area (TPSA) is 90.5 Å². The highest BCUT2D eigenvalue weighted by Crippen LogP contribution is 2.38. The molecule has 1 aliphatic rings. The highest BCUT2D eigenvalue weighted by molar-refractivity contribution is 8.00. The van der Waals surface area contributed by atoms with Crippen LogP contribution < -0.4 is 16.2 Å². The van der Waals surface area contributed by atoms with Crippen LogP contribution in [0.4, 0.5) is 5.00 Å². The highest BCUT2D eigenvalue weighted by Gasteiger charge is 2.22. The lowest BCUT2D eigenvalue weighted by molar-refractivity contribution is -0.136. The molecular weight excluding hydrogens is 354 g/mol. The summed E-state index contributed by atoms with van der Waals surface area (Å²) in [7, 11) is 0. The van der Waals surface area contributed by atoms with E-state index in [9.17, 15) is 9.59 Å². The first-order valence-corrected chi connectivity index (χ1v) is 8.95. The van der Waals surface area contributed by atoms with Crippen molar-refractivity contribution in [2.75, 3.05) is 11.9 Å². The van der Waals surface area contributed by atoms with E-state index < -0.39 is 5.97 Å². The van der Waals surface area contributed by atoms with Crippen molar-refractivity contribution in [2.24, 2.45) is 0 Å². The third-order valence-corrected chi connectivity index (χ3v) is 5.04. The summed E-state index contributed by atoms with van der Waals surface area (Å²) >= 11 is 11.0. The minimum atomic E-state index is -0.846. The summed E-state index contributed by atoms with van der Waals surface area (Å²) in [6.45, 7) is 0.345. The molecule has 2 rings (SSSR count). The van der Waals surface area contributed by atoms with Gasteiger partial charge in [-0.25, -0.2) is 0 Å². The van der Waals surface area contributed by atoms with Gasteiger partial charge in [0.05, 0.1) is 17.8 Å². The molecule has 1 aromatic rings. The van der Waals surface area contributed by atoms with Crippen LogP contribution in [0, 0.1) is 0 Å². The van der Waals surface area contributed by atoms with Gasteiger partial charge in [-0.3, -0.25) is 15.0 Å².